The van der Waals surface area contributed by atoms with Gasteiger partial charge in [-0.1, -0.05) is 6.07 Å². The van der Waals surface area contributed by atoms with E-state index in [4.69, 9.17) is 5.73 Å². The summed E-state index contributed by atoms with van der Waals surface area (Å²) in [6.45, 7) is 2.09. The van der Waals surface area contributed by atoms with Crippen molar-refractivity contribution in [2.45, 2.75) is 37.7 Å². The Morgan fingerprint density at radius 2 is 2.47 bits per heavy atom. The molecule has 1 aromatic heterocycles. The zero-order chi connectivity index (χ0) is 10.9. The van der Waals surface area contributed by atoms with Crippen molar-refractivity contribution < 1.29 is 5.11 Å². The zero-order valence-corrected chi connectivity index (χ0v) is 9.11. The number of pyridine rings is 1. The van der Waals surface area contributed by atoms with Crippen molar-refractivity contribution >= 4 is 0 Å². The third-order valence-corrected chi connectivity index (χ3v) is 3.36. The van der Waals surface area contributed by atoms with Gasteiger partial charge in [0.25, 0.3) is 0 Å². The average molecular weight is 206 g/mol. The topological polar surface area (TPSA) is 59.1 Å². The molecule has 0 aliphatic heterocycles. The third-order valence-electron chi connectivity index (χ3n) is 3.36. The van der Waals surface area contributed by atoms with Crippen LogP contribution in [0.3, 0.4) is 0 Å². The molecule has 3 N–H and O–H groups in total. The van der Waals surface area contributed by atoms with Gasteiger partial charge in [0.1, 0.15) is 0 Å². The van der Waals surface area contributed by atoms with Gasteiger partial charge in [0, 0.05) is 24.4 Å². The SMILES string of the molecule is CC(O)(CN)C1CCCc2cccnc21. The van der Waals surface area contributed by atoms with Gasteiger partial charge in [-0.25, -0.2) is 0 Å². The van der Waals surface area contributed by atoms with Gasteiger partial charge in [0.15, 0.2) is 0 Å². The van der Waals surface area contributed by atoms with Crippen LogP contribution in [0.2, 0.25) is 0 Å². The molecule has 2 atom stereocenters. The standard InChI is InChI=1S/C12H18N2O/c1-12(15,8-13)10-6-2-4-9-5-3-7-14-11(9)10/h3,5,7,10,15H,2,4,6,8,13H2,1H3. The van der Waals surface area contributed by atoms with Crippen molar-refractivity contribution in [2.24, 2.45) is 5.73 Å². The first-order valence-electron chi connectivity index (χ1n) is 5.51. The fourth-order valence-corrected chi connectivity index (χ4v) is 2.36. The molecular weight excluding hydrogens is 188 g/mol. The van der Waals surface area contributed by atoms with Gasteiger partial charge in [-0.05, 0) is 37.8 Å². The Labute approximate surface area is 90.3 Å². The number of nitrogens with zero attached hydrogens (tertiary/aromatic N) is 1. The van der Waals surface area contributed by atoms with Crippen molar-refractivity contribution in [3.8, 4) is 0 Å². The van der Waals surface area contributed by atoms with Crippen LogP contribution >= 0.6 is 0 Å². The molecule has 3 nitrogen and oxygen atoms in total. The monoisotopic (exact) mass is 206 g/mol. The first-order valence-corrected chi connectivity index (χ1v) is 5.51. The number of aryl methyl sites for hydroxylation is 1. The quantitative estimate of drug-likeness (QED) is 0.764. The normalized spacial score (nSPS) is 24.3. The molecule has 0 aromatic carbocycles. The van der Waals surface area contributed by atoms with Crippen molar-refractivity contribution in [1.29, 1.82) is 0 Å². The van der Waals surface area contributed by atoms with Crippen LogP contribution < -0.4 is 5.73 Å². The summed E-state index contributed by atoms with van der Waals surface area (Å²) in [6, 6.07) is 4.06. The number of fused-ring (bicyclic) bond motifs is 1. The van der Waals surface area contributed by atoms with Crippen LogP contribution in [-0.4, -0.2) is 22.2 Å². The largest absolute Gasteiger partial charge is 0.388 e. The summed E-state index contributed by atoms with van der Waals surface area (Å²) in [6.07, 6.45) is 4.96. The maximum atomic E-state index is 10.2. The Bertz CT molecular complexity index is 349. The van der Waals surface area contributed by atoms with E-state index in [0.29, 0.717) is 0 Å². The third kappa shape index (κ3) is 1.90. The summed E-state index contributed by atoms with van der Waals surface area (Å²) in [5.74, 6) is 0.0902. The molecule has 1 aliphatic carbocycles. The van der Waals surface area contributed by atoms with E-state index in [0.717, 1.165) is 25.0 Å². The molecule has 1 heterocycles. The van der Waals surface area contributed by atoms with Crippen molar-refractivity contribution in [2.75, 3.05) is 6.54 Å². The minimum absolute atomic E-state index is 0.0902. The minimum Gasteiger partial charge on any atom is -0.388 e. The molecule has 1 aliphatic rings. The van der Waals surface area contributed by atoms with Gasteiger partial charge in [-0.2, -0.15) is 0 Å². The van der Waals surface area contributed by atoms with Gasteiger partial charge in [-0.15, -0.1) is 0 Å². The van der Waals surface area contributed by atoms with Crippen LogP contribution in [0.15, 0.2) is 18.3 Å². The van der Waals surface area contributed by atoms with Crippen LogP contribution in [0.1, 0.15) is 36.9 Å². The Balaban J connectivity index is 2.38. The molecule has 1 aromatic rings. The summed E-state index contributed by atoms with van der Waals surface area (Å²) in [5, 5.41) is 10.2. The van der Waals surface area contributed by atoms with E-state index < -0.39 is 5.60 Å². The molecule has 0 saturated carbocycles. The molecule has 2 unspecified atom stereocenters. The highest BCUT2D eigenvalue weighted by atomic mass is 16.3. The molecule has 0 radical (unpaired) electrons. The van der Waals surface area contributed by atoms with Crippen molar-refractivity contribution in [3.05, 3.63) is 29.6 Å². The molecule has 15 heavy (non-hydrogen) atoms. The zero-order valence-electron chi connectivity index (χ0n) is 9.11. The molecule has 0 saturated heterocycles. The van der Waals surface area contributed by atoms with E-state index in [1.807, 2.05) is 6.07 Å². The molecule has 0 fully saturated rings. The highest BCUT2D eigenvalue weighted by Gasteiger charge is 2.35. The number of hydrogen-bond acceptors (Lipinski definition) is 3. The molecule has 0 spiro atoms. The highest BCUT2D eigenvalue weighted by molar-refractivity contribution is 5.28. The average Bonchev–Trinajstić information content (AvgIpc) is 2.28. The lowest BCUT2D eigenvalue weighted by molar-refractivity contribution is 0.0317. The summed E-state index contributed by atoms with van der Waals surface area (Å²) >= 11 is 0. The van der Waals surface area contributed by atoms with Crippen LogP contribution in [0.25, 0.3) is 0 Å². The molecule has 82 valence electrons. The summed E-state index contributed by atoms with van der Waals surface area (Å²) in [7, 11) is 0. The van der Waals surface area contributed by atoms with Gasteiger partial charge in [-0.3, -0.25) is 4.98 Å². The predicted molar refractivity (Wildman–Crippen MR) is 59.6 cm³/mol. The van der Waals surface area contributed by atoms with E-state index in [-0.39, 0.29) is 12.5 Å². The van der Waals surface area contributed by atoms with E-state index in [1.54, 1.807) is 13.1 Å². The van der Waals surface area contributed by atoms with Crippen molar-refractivity contribution in [1.82, 2.24) is 4.98 Å². The predicted octanol–water partition coefficient (Wildman–Crippen LogP) is 1.21. The molecule has 3 heteroatoms. The number of rotatable bonds is 2. The molecule has 2 rings (SSSR count). The van der Waals surface area contributed by atoms with Gasteiger partial charge in [0.05, 0.1) is 5.60 Å². The first-order chi connectivity index (χ1) is 7.15. The maximum absolute atomic E-state index is 10.2. The molecular formula is C12H18N2O. The fraction of sp³-hybridized carbons (Fsp3) is 0.583. The molecule has 0 bridgehead atoms. The second kappa shape index (κ2) is 3.91. The smallest absolute Gasteiger partial charge is 0.0824 e. The van der Waals surface area contributed by atoms with Gasteiger partial charge in [0.2, 0.25) is 0 Å². The Morgan fingerprint density at radius 1 is 1.67 bits per heavy atom. The Morgan fingerprint density at radius 3 is 3.20 bits per heavy atom. The second-order valence-electron chi connectivity index (χ2n) is 4.55. The minimum atomic E-state index is -0.830. The van der Waals surface area contributed by atoms with E-state index >= 15 is 0 Å². The van der Waals surface area contributed by atoms with E-state index in [2.05, 4.69) is 11.1 Å². The van der Waals surface area contributed by atoms with Gasteiger partial charge >= 0.3 is 0 Å². The number of aromatic nitrogens is 1. The number of aliphatic hydroxyl groups is 1. The maximum Gasteiger partial charge on any atom is 0.0824 e. The lowest BCUT2D eigenvalue weighted by Crippen LogP contribution is -2.42. The lowest BCUT2D eigenvalue weighted by Gasteiger charge is -2.35. The lowest BCUT2D eigenvalue weighted by atomic mass is 9.76. The van der Waals surface area contributed by atoms with E-state index in [9.17, 15) is 5.11 Å². The Hall–Kier alpha value is -0.930. The Kier molecular flexibility index (Phi) is 2.76. The van der Waals surface area contributed by atoms with E-state index in [1.165, 1.54) is 5.56 Å². The van der Waals surface area contributed by atoms with Crippen LogP contribution in [0.5, 0.6) is 0 Å². The first kappa shape index (κ1) is 10.6. The van der Waals surface area contributed by atoms with Crippen LogP contribution in [-0.2, 0) is 6.42 Å². The summed E-state index contributed by atoms with van der Waals surface area (Å²) in [5.41, 5.74) is 7.09. The summed E-state index contributed by atoms with van der Waals surface area (Å²) < 4.78 is 0. The van der Waals surface area contributed by atoms with Gasteiger partial charge < -0.3 is 10.8 Å². The molecule has 0 amide bonds. The van der Waals surface area contributed by atoms with Crippen LogP contribution in [0.4, 0.5) is 0 Å². The number of hydrogen-bond donors (Lipinski definition) is 2. The highest BCUT2D eigenvalue weighted by Crippen LogP contribution is 2.37. The second-order valence-corrected chi connectivity index (χ2v) is 4.55. The fourth-order valence-electron chi connectivity index (χ4n) is 2.36. The van der Waals surface area contributed by atoms with Crippen molar-refractivity contribution in [3.63, 3.8) is 0 Å². The summed E-state index contributed by atoms with van der Waals surface area (Å²) in [4.78, 5) is 4.40. The number of nitrogens with two attached hydrogens (primary N) is 1. The van der Waals surface area contributed by atoms with Crippen LogP contribution in [0, 0.1) is 0 Å².